The second-order valence-electron chi connectivity index (χ2n) is 7.40. The molecule has 4 heteroatoms. The van der Waals surface area contributed by atoms with Crippen molar-refractivity contribution >= 4 is 6.09 Å². The highest BCUT2D eigenvalue weighted by Gasteiger charge is 2.29. The average Bonchev–Trinajstić information content (AvgIpc) is 2.46. The van der Waals surface area contributed by atoms with Crippen LogP contribution in [-0.4, -0.2) is 35.2 Å². The molecule has 2 atom stereocenters. The number of carbonyl (C=O) groups is 1. The van der Waals surface area contributed by atoms with Crippen LogP contribution in [0.3, 0.4) is 0 Å². The number of nitrogens with zero attached hydrogens (tertiary/aromatic N) is 1. The summed E-state index contributed by atoms with van der Waals surface area (Å²) in [5.41, 5.74) is 0.873. The third-order valence-electron chi connectivity index (χ3n) is 4.24. The van der Waals surface area contributed by atoms with Gasteiger partial charge in [0.05, 0.1) is 0 Å². The van der Waals surface area contributed by atoms with E-state index in [2.05, 4.69) is 41.4 Å². The third kappa shape index (κ3) is 5.87. The Labute approximate surface area is 140 Å². The van der Waals surface area contributed by atoms with E-state index in [1.165, 1.54) is 5.56 Å². The van der Waals surface area contributed by atoms with E-state index in [4.69, 9.17) is 4.74 Å². The number of benzene rings is 1. The van der Waals surface area contributed by atoms with Gasteiger partial charge in [0.15, 0.2) is 0 Å². The number of carbonyl (C=O) groups excluding carboxylic acids is 1. The SMILES string of the molecule is CC[C@H]1CC[C@H](NC(=O)OC(C)(C)C)CN1Cc1ccccc1. The maximum absolute atomic E-state index is 12.0. The highest BCUT2D eigenvalue weighted by atomic mass is 16.6. The summed E-state index contributed by atoms with van der Waals surface area (Å²) in [6.45, 7) is 9.73. The summed E-state index contributed by atoms with van der Waals surface area (Å²) < 4.78 is 5.38. The van der Waals surface area contributed by atoms with Crippen LogP contribution in [0.2, 0.25) is 0 Å². The van der Waals surface area contributed by atoms with Gasteiger partial charge in [0.25, 0.3) is 0 Å². The summed E-state index contributed by atoms with van der Waals surface area (Å²) in [7, 11) is 0. The smallest absolute Gasteiger partial charge is 0.407 e. The minimum atomic E-state index is -0.450. The molecule has 1 fully saturated rings. The van der Waals surface area contributed by atoms with Crippen LogP contribution in [0, 0.1) is 0 Å². The van der Waals surface area contributed by atoms with E-state index in [0.717, 1.165) is 32.4 Å². The summed E-state index contributed by atoms with van der Waals surface area (Å²) in [6, 6.07) is 11.3. The van der Waals surface area contributed by atoms with Crippen LogP contribution in [0.15, 0.2) is 30.3 Å². The molecule has 1 aliphatic rings. The molecule has 4 nitrogen and oxygen atoms in total. The van der Waals surface area contributed by atoms with Crippen molar-refractivity contribution in [2.45, 2.75) is 71.2 Å². The quantitative estimate of drug-likeness (QED) is 0.914. The van der Waals surface area contributed by atoms with Crippen molar-refractivity contribution in [3.8, 4) is 0 Å². The summed E-state index contributed by atoms with van der Waals surface area (Å²) in [5.74, 6) is 0. The van der Waals surface area contributed by atoms with E-state index < -0.39 is 5.60 Å². The van der Waals surface area contributed by atoms with E-state index in [-0.39, 0.29) is 12.1 Å². The first kappa shape index (κ1) is 17.8. The van der Waals surface area contributed by atoms with Crippen LogP contribution in [0.1, 0.15) is 52.5 Å². The first-order valence-electron chi connectivity index (χ1n) is 8.65. The Morgan fingerprint density at radius 3 is 2.57 bits per heavy atom. The van der Waals surface area contributed by atoms with Crippen LogP contribution in [0.4, 0.5) is 4.79 Å². The molecule has 0 saturated carbocycles. The van der Waals surface area contributed by atoms with Crippen LogP contribution in [0.25, 0.3) is 0 Å². The number of ether oxygens (including phenoxy) is 1. The molecule has 1 aliphatic heterocycles. The van der Waals surface area contributed by atoms with Gasteiger partial charge in [-0.3, -0.25) is 4.90 Å². The first-order valence-corrected chi connectivity index (χ1v) is 8.65. The fourth-order valence-electron chi connectivity index (χ4n) is 3.17. The van der Waals surface area contributed by atoms with E-state index in [9.17, 15) is 4.79 Å². The van der Waals surface area contributed by atoms with Crippen LogP contribution in [-0.2, 0) is 11.3 Å². The zero-order valence-electron chi connectivity index (χ0n) is 14.8. The molecule has 0 aliphatic carbocycles. The summed E-state index contributed by atoms with van der Waals surface area (Å²) >= 11 is 0. The molecule has 1 amide bonds. The van der Waals surface area contributed by atoms with Crippen molar-refractivity contribution in [2.24, 2.45) is 0 Å². The predicted molar refractivity (Wildman–Crippen MR) is 93.3 cm³/mol. The van der Waals surface area contributed by atoms with Crippen molar-refractivity contribution in [1.82, 2.24) is 10.2 Å². The summed E-state index contributed by atoms with van der Waals surface area (Å²) in [4.78, 5) is 14.5. The molecule has 1 heterocycles. The maximum Gasteiger partial charge on any atom is 0.407 e. The first-order chi connectivity index (χ1) is 10.9. The number of rotatable bonds is 4. The second kappa shape index (κ2) is 7.82. The molecule has 0 spiro atoms. The molecule has 128 valence electrons. The summed E-state index contributed by atoms with van der Waals surface area (Å²) in [6.07, 6.45) is 2.97. The number of nitrogens with one attached hydrogen (secondary N) is 1. The molecular weight excluding hydrogens is 288 g/mol. The maximum atomic E-state index is 12.0. The number of amides is 1. The third-order valence-corrected chi connectivity index (χ3v) is 4.24. The van der Waals surface area contributed by atoms with Gasteiger partial charge in [0, 0.05) is 25.2 Å². The van der Waals surface area contributed by atoms with Gasteiger partial charge in [0.2, 0.25) is 0 Å². The van der Waals surface area contributed by atoms with Gasteiger partial charge in [-0.25, -0.2) is 4.79 Å². The number of hydrogen-bond acceptors (Lipinski definition) is 3. The molecule has 2 rings (SSSR count). The van der Waals surface area contributed by atoms with Crippen LogP contribution in [0.5, 0.6) is 0 Å². The highest BCUT2D eigenvalue weighted by molar-refractivity contribution is 5.68. The van der Waals surface area contributed by atoms with Gasteiger partial charge in [-0.05, 0) is 45.6 Å². The standard InChI is InChI=1S/C19H30N2O2/c1-5-17-12-11-16(20-18(22)23-19(2,3)4)14-21(17)13-15-9-7-6-8-10-15/h6-10,16-17H,5,11-14H2,1-4H3,(H,20,22)/t16-,17-/m0/s1. The lowest BCUT2D eigenvalue weighted by atomic mass is 9.96. The topological polar surface area (TPSA) is 41.6 Å². The van der Waals surface area contributed by atoms with Crippen LogP contribution < -0.4 is 5.32 Å². The van der Waals surface area contributed by atoms with E-state index in [0.29, 0.717) is 6.04 Å². The zero-order chi connectivity index (χ0) is 16.9. The Bertz CT molecular complexity index is 496. The van der Waals surface area contributed by atoms with E-state index in [1.54, 1.807) is 0 Å². The lowest BCUT2D eigenvalue weighted by Crippen LogP contribution is -2.52. The summed E-state index contributed by atoms with van der Waals surface area (Å²) in [5, 5.41) is 3.03. The van der Waals surface area contributed by atoms with E-state index >= 15 is 0 Å². The Morgan fingerprint density at radius 1 is 1.26 bits per heavy atom. The fourth-order valence-corrected chi connectivity index (χ4v) is 3.17. The lowest BCUT2D eigenvalue weighted by molar-refractivity contribution is 0.0433. The van der Waals surface area contributed by atoms with Crippen molar-refractivity contribution in [3.63, 3.8) is 0 Å². The largest absolute Gasteiger partial charge is 0.444 e. The molecule has 1 aromatic carbocycles. The van der Waals surface area contributed by atoms with Crippen molar-refractivity contribution in [2.75, 3.05) is 6.54 Å². The molecule has 0 bridgehead atoms. The number of alkyl carbamates (subject to hydrolysis) is 1. The molecule has 1 N–H and O–H groups in total. The second-order valence-corrected chi connectivity index (χ2v) is 7.40. The van der Waals surface area contributed by atoms with Crippen molar-refractivity contribution < 1.29 is 9.53 Å². The minimum Gasteiger partial charge on any atom is -0.444 e. The van der Waals surface area contributed by atoms with Gasteiger partial charge in [-0.15, -0.1) is 0 Å². The molecule has 0 radical (unpaired) electrons. The Balaban J connectivity index is 1.93. The molecule has 0 aromatic heterocycles. The van der Waals surface area contributed by atoms with Gasteiger partial charge >= 0.3 is 6.09 Å². The number of likely N-dealkylation sites (tertiary alicyclic amines) is 1. The normalized spacial score (nSPS) is 22.6. The highest BCUT2D eigenvalue weighted by Crippen LogP contribution is 2.22. The molecule has 1 aromatic rings. The number of hydrogen-bond donors (Lipinski definition) is 1. The fraction of sp³-hybridized carbons (Fsp3) is 0.632. The number of piperidine rings is 1. The zero-order valence-corrected chi connectivity index (χ0v) is 14.8. The van der Waals surface area contributed by atoms with Crippen molar-refractivity contribution in [1.29, 1.82) is 0 Å². The molecular formula is C19H30N2O2. The Kier molecular flexibility index (Phi) is 6.05. The Hall–Kier alpha value is -1.55. The molecule has 1 saturated heterocycles. The van der Waals surface area contributed by atoms with Crippen molar-refractivity contribution in [3.05, 3.63) is 35.9 Å². The minimum absolute atomic E-state index is 0.163. The Morgan fingerprint density at radius 2 is 1.96 bits per heavy atom. The van der Waals surface area contributed by atoms with Gasteiger partial charge in [0.1, 0.15) is 5.60 Å². The lowest BCUT2D eigenvalue weighted by Gasteiger charge is -2.39. The van der Waals surface area contributed by atoms with Crippen LogP contribution >= 0.6 is 0 Å². The van der Waals surface area contributed by atoms with Gasteiger partial charge in [-0.2, -0.15) is 0 Å². The van der Waals surface area contributed by atoms with E-state index in [1.807, 2.05) is 26.8 Å². The van der Waals surface area contributed by atoms with Gasteiger partial charge < -0.3 is 10.1 Å². The molecule has 0 unspecified atom stereocenters. The predicted octanol–water partition coefficient (Wildman–Crippen LogP) is 3.95. The molecule has 23 heavy (non-hydrogen) atoms. The average molecular weight is 318 g/mol. The monoisotopic (exact) mass is 318 g/mol. The van der Waals surface area contributed by atoms with Gasteiger partial charge in [-0.1, -0.05) is 37.3 Å².